The molecule has 6 heteroatoms. The average Bonchev–Trinajstić information content (AvgIpc) is 3.08. The fourth-order valence-electron chi connectivity index (χ4n) is 2.63. The number of likely N-dealkylation sites (tertiary alicyclic amines) is 1. The number of hydrogen-bond acceptors (Lipinski definition) is 4. The van der Waals surface area contributed by atoms with Crippen molar-refractivity contribution in [1.82, 2.24) is 5.32 Å². The molecular weight excluding hydrogens is 294 g/mol. The van der Waals surface area contributed by atoms with E-state index in [0.29, 0.717) is 30.5 Å². The number of carbonyl (C=O) groups is 1. The molecule has 23 heavy (non-hydrogen) atoms. The Morgan fingerprint density at radius 1 is 1.35 bits per heavy atom. The number of amidine groups is 1. The molecule has 1 aromatic carbocycles. The predicted molar refractivity (Wildman–Crippen MR) is 89.2 cm³/mol. The maximum absolute atomic E-state index is 12.3. The second kappa shape index (κ2) is 9.15. The van der Waals surface area contributed by atoms with Gasteiger partial charge in [0.2, 0.25) is 0 Å². The summed E-state index contributed by atoms with van der Waals surface area (Å²) >= 11 is 0. The highest BCUT2D eigenvalue weighted by atomic mass is 16.5. The van der Waals surface area contributed by atoms with Crippen molar-refractivity contribution in [1.29, 1.82) is 0 Å². The molecule has 1 saturated heterocycles. The largest absolute Gasteiger partial charge is 0.497 e. The van der Waals surface area contributed by atoms with E-state index >= 15 is 0 Å². The van der Waals surface area contributed by atoms with Crippen molar-refractivity contribution >= 4 is 11.9 Å². The first-order valence-electron chi connectivity index (χ1n) is 8.19. The molecule has 0 radical (unpaired) electrons. The van der Waals surface area contributed by atoms with Crippen LogP contribution in [0.5, 0.6) is 5.75 Å². The Morgan fingerprint density at radius 2 is 2.13 bits per heavy atom. The predicted octanol–water partition coefficient (Wildman–Crippen LogP) is 0.496. The van der Waals surface area contributed by atoms with Gasteiger partial charge in [-0.2, -0.15) is 0 Å². The Morgan fingerprint density at radius 3 is 2.83 bits per heavy atom. The summed E-state index contributed by atoms with van der Waals surface area (Å²) in [6.45, 7) is 6.41. The van der Waals surface area contributed by atoms with E-state index in [9.17, 15) is 4.79 Å². The second-order valence-electron chi connectivity index (χ2n) is 5.51. The van der Waals surface area contributed by atoms with Crippen LogP contribution in [-0.4, -0.2) is 51.8 Å². The second-order valence-corrected chi connectivity index (χ2v) is 5.51. The summed E-state index contributed by atoms with van der Waals surface area (Å²) in [4.78, 5) is 18.3. The van der Waals surface area contributed by atoms with Gasteiger partial charge in [0.25, 0.3) is 11.9 Å². The zero-order valence-electron chi connectivity index (χ0n) is 13.9. The van der Waals surface area contributed by atoms with Gasteiger partial charge in [-0.25, -0.2) is 4.99 Å². The van der Waals surface area contributed by atoms with E-state index in [1.807, 2.05) is 6.92 Å². The minimum absolute atomic E-state index is 0.246. The van der Waals surface area contributed by atoms with Gasteiger partial charge in [0, 0.05) is 18.4 Å². The SMILES string of the molecule is CCOC(=NCC[NH+]1CCCC1)NC(=O)c1cccc(OC)c1. The molecule has 0 atom stereocenters. The van der Waals surface area contributed by atoms with Crippen LogP contribution in [0.1, 0.15) is 30.1 Å². The van der Waals surface area contributed by atoms with E-state index in [4.69, 9.17) is 9.47 Å². The lowest BCUT2D eigenvalue weighted by molar-refractivity contribution is -0.885. The van der Waals surface area contributed by atoms with E-state index in [0.717, 1.165) is 6.54 Å². The number of nitrogens with zero attached hydrogens (tertiary/aromatic N) is 1. The van der Waals surface area contributed by atoms with Crippen molar-refractivity contribution in [3.05, 3.63) is 29.8 Å². The van der Waals surface area contributed by atoms with Crippen LogP contribution in [0.25, 0.3) is 0 Å². The van der Waals surface area contributed by atoms with Gasteiger partial charge in [-0.15, -0.1) is 0 Å². The first kappa shape index (κ1) is 17.3. The Bertz CT molecular complexity index is 540. The van der Waals surface area contributed by atoms with E-state index in [-0.39, 0.29) is 5.91 Å². The lowest BCUT2D eigenvalue weighted by Crippen LogP contribution is -3.10. The Hall–Kier alpha value is -2.08. The van der Waals surface area contributed by atoms with Gasteiger partial charge in [0.1, 0.15) is 5.75 Å². The molecule has 1 aromatic rings. The monoisotopic (exact) mass is 320 g/mol. The van der Waals surface area contributed by atoms with Crippen LogP contribution in [0, 0.1) is 0 Å². The third-order valence-electron chi connectivity index (χ3n) is 3.86. The van der Waals surface area contributed by atoms with Crippen molar-refractivity contribution in [3.63, 3.8) is 0 Å². The molecule has 1 amide bonds. The summed E-state index contributed by atoms with van der Waals surface area (Å²) in [5, 5.41) is 2.73. The number of nitrogens with one attached hydrogen (secondary N) is 2. The summed E-state index contributed by atoms with van der Waals surface area (Å²) in [5.74, 6) is 0.398. The van der Waals surface area contributed by atoms with E-state index < -0.39 is 0 Å². The van der Waals surface area contributed by atoms with Crippen LogP contribution in [0.4, 0.5) is 0 Å². The molecule has 1 heterocycles. The number of carbonyl (C=O) groups excluding carboxylic acids is 1. The molecule has 0 bridgehead atoms. The third kappa shape index (κ3) is 5.56. The van der Waals surface area contributed by atoms with Crippen molar-refractivity contribution < 1.29 is 19.2 Å². The normalized spacial score (nSPS) is 15.5. The summed E-state index contributed by atoms with van der Waals surface area (Å²) < 4.78 is 10.6. The molecular formula is C17H26N3O3+. The maximum atomic E-state index is 12.3. The van der Waals surface area contributed by atoms with Gasteiger partial charge in [0.05, 0.1) is 39.9 Å². The van der Waals surface area contributed by atoms with E-state index in [1.165, 1.54) is 25.9 Å². The topological polar surface area (TPSA) is 64.4 Å². The van der Waals surface area contributed by atoms with Gasteiger partial charge in [-0.05, 0) is 25.1 Å². The zero-order valence-corrected chi connectivity index (χ0v) is 13.9. The minimum atomic E-state index is -0.246. The van der Waals surface area contributed by atoms with Crippen molar-refractivity contribution in [2.24, 2.45) is 4.99 Å². The number of amides is 1. The van der Waals surface area contributed by atoms with E-state index in [1.54, 1.807) is 36.3 Å². The Labute approximate surface area is 137 Å². The van der Waals surface area contributed by atoms with Crippen molar-refractivity contribution in [2.45, 2.75) is 19.8 Å². The summed E-state index contributed by atoms with van der Waals surface area (Å²) in [6.07, 6.45) is 2.59. The molecule has 1 fully saturated rings. The molecule has 0 spiro atoms. The average molecular weight is 320 g/mol. The lowest BCUT2D eigenvalue weighted by atomic mass is 10.2. The highest BCUT2D eigenvalue weighted by Gasteiger charge is 2.15. The van der Waals surface area contributed by atoms with Crippen molar-refractivity contribution in [3.8, 4) is 5.75 Å². The smallest absolute Gasteiger partial charge is 0.291 e. The van der Waals surface area contributed by atoms with Crippen LogP contribution in [0.3, 0.4) is 0 Å². The standard InChI is InChI=1S/C17H25N3O3/c1-3-23-17(18-9-12-20-10-4-5-11-20)19-16(21)14-7-6-8-15(13-14)22-2/h6-8,13H,3-5,9-12H2,1-2H3,(H,18,19,21)/p+1. The molecule has 1 aliphatic heterocycles. The summed E-state index contributed by atoms with van der Waals surface area (Å²) in [7, 11) is 1.57. The van der Waals surface area contributed by atoms with Crippen LogP contribution in [0.2, 0.25) is 0 Å². The Balaban J connectivity index is 1.92. The molecule has 0 aliphatic carbocycles. The summed E-state index contributed by atoms with van der Waals surface area (Å²) in [6, 6.07) is 7.29. The number of rotatable bonds is 6. The van der Waals surface area contributed by atoms with Gasteiger partial charge < -0.3 is 14.4 Å². The Kier molecular flexibility index (Phi) is 6.87. The molecule has 0 unspecified atom stereocenters. The first-order valence-corrected chi connectivity index (χ1v) is 8.19. The van der Waals surface area contributed by atoms with Crippen molar-refractivity contribution in [2.75, 3.05) is 39.9 Å². The van der Waals surface area contributed by atoms with Gasteiger partial charge in [-0.3, -0.25) is 10.1 Å². The number of methoxy groups -OCH3 is 1. The van der Waals surface area contributed by atoms with Crippen LogP contribution in [-0.2, 0) is 4.74 Å². The first-order chi connectivity index (χ1) is 11.2. The fourth-order valence-corrected chi connectivity index (χ4v) is 2.63. The molecule has 0 aromatic heterocycles. The zero-order chi connectivity index (χ0) is 16.5. The van der Waals surface area contributed by atoms with Gasteiger partial charge >= 0.3 is 0 Å². The number of aliphatic imine (C=N–C) groups is 1. The summed E-state index contributed by atoms with van der Waals surface area (Å²) in [5.41, 5.74) is 0.516. The molecule has 2 rings (SSSR count). The number of ether oxygens (including phenoxy) is 2. The van der Waals surface area contributed by atoms with Crippen LogP contribution < -0.4 is 15.0 Å². The van der Waals surface area contributed by atoms with E-state index in [2.05, 4.69) is 10.3 Å². The number of benzene rings is 1. The number of hydrogen-bond donors (Lipinski definition) is 2. The highest BCUT2D eigenvalue weighted by Crippen LogP contribution is 2.12. The van der Waals surface area contributed by atoms with Crippen LogP contribution in [0.15, 0.2) is 29.3 Å². The lowest BCUT2D eigenvalue weighted by Gasteiger charge is -2.12. The fraction of sp³-hybridized carbons (Fsp3) is 0.529. The molecule has 126 valence electrons. The highest BCUT2D eigenvalue weighted by molar-refractivity contribution is 6.04. The maximum Gasteiger partial charge on any atom is 0.291 e. The van der Waals surface area contributed by atoms with Gasteiger partial charge in [-0.1, -0.05) is 6.07 Å². The van der Waals surface area contributed by atoms with Gasteiger partial charge in [0.15, 0.2) is 0 Å². The van der Waals surface area contributed by atoms with Crippen LogP contribution >= 0.6 is 0 Å². The minimum Gasteiger partial charge on any atom is -0.497 e. The molecule has 0 saturated carbocycles. The third-order valence-corrected chi connectivity index (χ3v) is 3.86. The number of quaternary nitrogens is 1. The molecule has 6 nitrogen and oxygen atoms in total. The quantitative estimate of drug-likeness (QED) is 0.592. The molecule has 2 N–H and O–H groups in total. The molecule has 1 aliphatic rings.